The Bertz CT molecular complexity index is 836. The molecule has 4 heteroatoms. The molecule has 4 aliphatic carbocycles. The number of hydrogen-bond acceptors (Lipinski definition) is 4. The van der Waals surface area contributed by atoms with Gasteiger partial charge in [-0.25, -0.2) is 0 Å². The van der Waals surface area contributed by atoms with Crippen LogP contribution in [0.5, 0.6) is 0 Å². The van der Waals surface area contributed by atoms with Gasteiger partial charge >= 0.3 is 5.97 Å². The van der Waals surface area contributed by atoms with Crippen molar-refractivity contribution in [2.75, 3.05) is 6.61 Å². The van der Waals surface area contributed by atoms with Gasteiger partial charge in [-0.1, -0.05) is 45.8 Å². The maximum absolute atomic E-state index is 13.0. The second-order valence-corrected chi connectivity index (χ2v) is 11.7. The summed E-state index contributed by atoms with van der Waals surface area (Å²) in [6, 6.07) is 0. The zero-order valence-corrected chi connectivity index (χ0v) is 19.7. The summed E-state index contributed by atoms with van der Waals surface area (Å²) in [6.07, 6.45) is 7.76. The van der Waals surface area contributed by atoms with Gasteiger partial charge in [0.2, 0.25) is 0 Å². The van der Waals surface area contributed by atoms with Gasteiger partial charge < -0.3 is 4.74 Å². The van der Waals surface area contributed by atoms with Gasteiger partial charge in [-0.05, 0) is 67.1 Å². The van der Waals surface area contributed by atoms with Crippen molar-refractivity contribution in [1.29, 1.82) is 0 Å². The summed E-state index contributed by atoms with van der Waals surface area (Å²) < 4.78 is 5.07. The highest BCUT2D eigenvalue weighted by atomic mass is 16.5. The lowest BCUT2D eigenvalue weighted by atomic mass is 9.43. The van der Waals surface area contributed by atoms with E-state index in [1.807, 2.05) is 0 Å². The molecule has 0 amide bonds. The molecule has 0 aromatic rings. The fourth-order valence-electron chi connectivity index (χ4n) is 8.27. The highest BCUT2D eigenvalue weighted by Gasteiger charge is 2.63. The van der Waals surface area contributed by atoms with Crippen LogP contribution < -0.4 is 0 Å². The Morgan fingerprint density at radius 3 is 2.30 bits per heavy atom. The average Bonchev–Trinajstić information content (AvgIpc) is 2.95. The van der Waals surface area contributed by atoms with Crippen molar-refractivity contribution in [2.24, 2.45) is 33.5 Å². The van der Waals surface area contributed by atoms with E-state index in [0.717, 1.165) is 44.9 Å². The highest BCUT2D eigenvalue weighted by molar-refractivity contribution is 5.86. The number of allylic oxidation sites excluding steroid dienone is 2. The maximum Gasteiger partial charge on any atom is 0.303 e. The van der Waals surface area contributed by atoms with Gasteiger partial charge in [0, 0.05) is 24.7 Å². The third kappa shape index (κ3) is 2.74. The minimum atomic E-state index is -0.386. The molecule has 2 saturated carbocycles. The maximum atomic E-state index is 13.0. The number of esters is 1. The van der Waals surface area contributed by atoms with Gasteiger partial charge in [0.1, 0.15) is 12.4 Å². The van der Waals surface area contributed by atoms with Crippen LogP contribution in [0.2, 0.25) is 0 Å². The molecular formula is C26H38O4. The number of rotatable bonds is 3. The lowest BCUT2D eigenvalue weighted by Gasteiger charge is -2.60. The molecule has 2 fully saturated rings. The Morgan fingerprint density at radius 1 is 0.933 bits per heavy atom. The summed E-state index contributed by atoms with van der Waals surface area (Å²) >= 11 is 0. The van der Waals surface area contributed by atoms with Crippen molar-refractivity contribution < 1.29 is 19.1 Å². The first kappa shape index (κ1) is 21.8. The van der Waals surface area contributed by atoms with Gasteiger partial charge in [0.05, 0.1) is 0 Å². The molecule has 0 aromatic carbocycles. The Balaban J connectivity index is 1.70. The molecule has 0 N–H and O–H groups in total. The van der Waals surface area contributed by atoms with E-state index >= 15 is 0 Å². The van der Waals surface area contributed by atoms with Crippen LogP contribution in [0.1, 0.15) is 92.9 Å². The van der Waals surface area contributed by atoms with Crippen molar-refractivity contribution in [1.82, 2.24) is 0 Å². The minimum absolute atomic E-state index is 0.0245. The first-order chi connectivity index (χ1) is 13.9. The standard InChI is InChI=1S/C26H38O4/c1-16(27)30-15-20(28)19-10-14-25(5)18-7-8-21-23(2,3)22(29)11-12-24(21,4)17(18)9-13-26(19,25)6/h19,21H,7-15H2,1-6H3/t19-,21-,24-,25+,26+/m0/s1. The molecule has 4 nitrogen and oxygen atoms in total. The molecule has 0 spiro atoms. The van der Waals surface area contributed by atoms with E-state index in [1.54, 1.807) is 11.1 Å². The lowest BCUT2D eigenvalue weighted by molar-refractivity contribution is -0.148. The molecule has 4 rings (SSSR count). The molecule has 0 saturated heterocycles. The summed E-state index contributed by atoms with van der Waals surface area (Å²) in [7, 11) is 0. The van der Waals surface area contributed by atoms with Crippen molar-refractivity contribution in [3.8, 4) is 0 Å². The Hall–Kier alpha value is -1.45. The summed E-state index contributed by atoms with van der Waals surface area (Å²) in [6.45, 7) is 12.7. The number of hydrogen-bond donors (Lipinski definition) is 0. The van der Waals surface area contributed by atoms with Crippen LogP contribution in [0.3, 0.4) is 0 Å². The van der Waals surface area contributed by atoms with Crippen molar-refractivity contribution >= 4 is 17.5 Å². The highest BCUT2D eigenvalue weighted by Crippen LogP contribution is 2.71. The first-order valence-corrected chi connectivity index (χ1v) is 11.8. The van der Waals surface area contributed by atoms with Crippen LogP contribution in [-0.2, 0) is 19.1 Å². The molecule has 0 aromatic heterocycles. The molecule has 0 bridgehead atoms. The van der Waals surface area contributed by atoms with Crippen LogP contribution in [0, 0.1) is 33.5 Å². The SMILES string of the molecule is CC(=O)OCC(=O)[C@@H]1CC[C@]2(C)C3=C(CC[C@]12C)[C@]1(C)CCC(=O)C(C)(C)[C@@H]1CC3. The molecule has 30 heavy (non-hydrogen) atoms. The lowest BCUT2D eigenvalue weighted by Crippen LogP contribution is -2.54. The molecule has 166 valence electrons. The number of ketones is 2. The fraction of sp³-hybridized carbons (Fsp3) is 0.808. The monoisotopic (exact) mass is 414 g/mol. The quantitative estimate of drug-likeness (QED) is 0.456. The molecule has 0 radical (unpaired) electrons. The smallest absolute Gasteiger partial charge is 0.303 e. The summed E-state index contributed by atoms with van der Waals surface area (Å²) in [4.78, 5) is 36.9. The van der Waals surface area contributed by atoms with Crippen LogP contribution in [0.4, 0.5) is 0 Å². The van der Waals surface area contributed by atoms with Crippen LogP contribution >= 0.6 is 0 Å². The number of fused-ring (bicyclic) bond motifs is 4. The molecule has 0 unspecified atom stereocenters. The van der Waals surface area contributed by atoms with E-state index in [1.165, 1.54) is 6.92 Å². The van der Waals surface area contributed by atoms with E-state index in [0.29, 0.717) is 18.1 Å². The number of carbonyl (C=O) groups excluding carboxylic acids is 3. The van der Waals surface area contributed by atoms with Crippen LogP contribution in [-0.4, -0.2) is 24.1 Å². The topological polar surface area (TPSA) is 60.4 Å². The number of ether oxygens (including phenoxy) is 1. The zero-order chi connectivity index (χ0) is 22.1. The number of Topliss-reactive ketones (excluding diaryl/α,β-unsaturated/α-hetero) is 2. The van der Waals surface area contributed by atoms with E-state index < -0.39 is 0 Å². The fourth-order valence-corrected chi connectivity index (χ4v) is 8.27. The summed E-state index contributed by atoms with van der Waals surface area (Å²) in [5.41, 5.74) is 3.03. The van der Waals surface area contributed by atoms with Crippen LogP contribution in [0.25, 0.3) is 0 Å². The summed E-state index contributed by atoms with van der Waals surface area (Å²) in [5.74, 6) is 0.512. The van der Waals surface area contributed by atoms with Crippen molar-refractivity contribution in [3.63, 3.8) is 0 Å². The predicted octanol–water partition coefficient (Wildman–Crippen LogP) is 5.44. The second kappa shape index (κ2) is 6.77. The van der Waals surface area contributed by atoms with Crippen molar-refractivity contribution in [3.05, 3.63) is 11.1 Å². The second-order valence-electron chi connectivity index (χ2n) is 11.7. The minimum Gasteiger partial charge on any atom is -0.458 e. The van der Waals surface area contributed by atoms with E-state index in [2.05, 4.69) is 34.6 Å². The molecule has 5 atom stereocenters. The largest absolute Gasteiger partial charge is 0.458 e. The number of carbonyl (C=O) groups is 3. The molecule has 0 heterocycles. The third-order valence-corrected chi connectivity index (χ3v) is 10.3. The van der Waals surface area contributed by atoms with Gasteiger partial charge in [0.25, 0.3) is 0 Å². The normalized spacial score (nSPS) is 42.3. The van der Waals surface area contributed by atoms with E-state index in [4.69, 9.17) is 4.74 Å². The van der Waals surface area contributed by atoms with Gasteiger partial charge in [-0.3, -0.25) is 14.4 Å². The van der Waals surface area contributed by atoms with E-state index in [9.17, 15) is 14.4 Å². The average molecular weight is 415 g/mol. The van der Waals surface area contributed by atoms with E-state index in [-0.39, 0.29) is 45.9 Å². The predicted molar refractivity (Wildman–Crippen MR) is 116 cm³/mol. The Kier molecular flexibility index (Phi) is 4.91. The molecular weight excluding hydrogens is 376 g/mol. The zero-order valence-electron chi connectivity index (χ0n) is 19.7. The Labute approximate surface area is 181 Å². The van der Waals surface area contributed by atoms with Crippen molar-refractivity contribution in [2.45, 2.75) is 92.9 Å². The first-order valence-electron chi connectivity index (χ1n) is 11.8. The van der Waals surface area contributed by atoms with Gasteiger partial charge in [-0.2, -0.15) is 0 Å². The van der Waals surface area contributed by atoms with Gasteiger partial charge in [0.15, 0.2) is 5.78 Å². The third-order valence-electron chi connectivity index (χ3n) is 10.3. The molecule has 4 aliphatic rings. The van der Waals surface area contributed by atoms with Crippen LogP contribution in [0.15, 0.2) is 11.1 Å². The molecule has 0 aliphatic heterocycles. The summed E-state index contributed by atoms with van der Waals surface area (Å²) in [5, 5.41) is 0. The Morgan fingerprint density at radius 2 is 1.63 bits per heavy atom. The van der Waals surface area contributed by atoms with Gasteiger partial charge in [-0.15, -0.1) is 0 Å².